The molecule has 3 saturated carbocycles. The Bertz CT molecular complexity index is 4740. The van der Waals surface area contributed by atoms with Gasteiger partial charge in [0, 0.05) is 85.3 Å². The summed E-state index contributed by atoms with van der Waals surface area (Å²) in [5, 5.41) is 37.7. The summed E-state index contributed by atoms with van der Waals surface area (Å²) in [6, 6.07) is 47.1. The van der Waals surface area contributed by atoms with Crippen molar-refractivity contribution in [2.24, 2.45) is 17.6 Å². The van der Waals surface area contributed by atoms with Gasteiger partial charge in [-0.1, -0.05) is 205 Å². The van der Waals surface area contributed by atoms with Crippen molar-refractivity contribution < 1.29 is 44.3 Å². The standard InChI is InChI=1S/C34H43N3O4.C27H37N3O4.C23H30ClN3O.C10H13NO3.2ClH/c38-22-25(34(40)41-23-24-11-5-4-6-12-24)19-31-33(39)37(32-16-10-9-15-30(32)35-31)29-20-27-17-18-28(21-29)36(27)26-13-7-2-1-3-8-14-26;31-17-18(27(33)34)14-24-26(32)30(25-11-7-6-10-23(25)28-24)22-15-20-12-13-21(16-22)29(20)19-8-4-2-1-3-5-9-19;24-22-23(28)27(21-11-7-6-10-20(21)25-22)19-14-17-12-13-18(15-19)26(17)16-8-4-2-1-3-5-9-16;11-9(6-12)10(13)14-7-8-4-2-1-3-5-8;;/h4-6,9-12,15-16,25-29,38H,1-3,7-8,13-14,17-23H2;6-7,10-11,18-22,31H,1-5,8-9,12-17H2,(H,33,34);6-7,10-11,16-19H,1-5,8-9,12-15H2;1-5,9,12H,6-7,11H2;2*1H/t25-,27-,28+,29?;18-,20-,21+,22?;17-,18+,19?;9-;;/m00.0../s1. The number of aromatic nitrogens is 6. The highest BCUT2D eigenvalue weighted by Gasteiger charge is 2.48. The van der Waals surface area contributed by atoms with Crippen LogP contribution in [0.1, 0.15) is 253 Å². The summed E-state index contributed by atoms with van der Waals surface area (Å²) in [6.07, 6.45) is 41.9. The molecule has 5 aromatic carbocycles. The second-order valence-electron chi connectivity index (χ2n) is 34.9. The van der Waals surface area contributed by atoms with Crippen molar-refractivity contribution in [1.29, 1.82) is 0 Å². The van der Waals surface area contributed by atoms with Gasteiger partial charge >= 0.3 is 17.9 Å². The number of aliphatic carboxylic acids is 1. The smallest absolute Gasteiger partial charge is 0.325 e. The van der Waals surface area contributed by atoms with Crippen molar-refractivity contribution in [2.45, 2.75) is 316 Å². The second kappa shape index (κ2) is 44.0. The Morgan fingerprint density at radius 3 is 0.992 bits per heavy atom. The molecule has 12 atom stereocenters. The van der Waals surface area contributed by atoms with Gasteiger partial charge in [0.15, 0.2) is 5.15 Å². The second-order valence-corrected chi connectivity index (χ2v) is 35.2. The number of para-hydroxylation sites is 6. The van der Waals surface area contributed by atoms with Crippen LogP contribution in [-0.4, -0.2) is 162 Å². The fourth-order valence-electron chi connectivity index (χ4n) is 21.7. The maximum Gasteiger partial charge on any atom is 0.325 e. The van der Waals surface area contributed by atoms with Gasteiger partial charge in [-0.3, -0.25) is 43.5 Å². The Labute approximate surface area is 716 Å². The summed E-state index contributed by atoms with van der Waals surface area (Å²) >= 11 is 6.23. The Balaban J connectivity index is 0.000000152. The Morgan fingerprint density at radius 1 is 0.370 bits per heavy atom. The molecule has 644 valence electrons. The van der Waals surface area contributed by atoms with Crippen LogP contribution in [-0.2, 0) is 49.9 Å². The fraction of sp³-hybridized carbons (Fsp3) is 0.585. The number of benzene rings is 5. The zero-order valence-corrected chi connectivity index (χ0v) is 71.4. The van der Waals surface area contributed by atoms with Crippen LogP contribution in [0.15, 0.2) is 148 Å². The van der Waals surface area contributed by atoms with Crippen LogP contribution in [0.2, 0.25) is 5.15 Å². The number of aliphatic hydroxyl groups excluding tert-OH is 3. The molecule has 22 nitrogen and oxygen atoms in total. The number of hydrogen-bond acceptors (Lipinski definition) is 18. The van der Waals surface area contributed by atoms with Crippen molar-refractivity contribution >= 4 is 87.4 Å². The Kier molecular flexibility index (Phi) is 33.6. The van der Waals surface area contributed by atoms with Crippen LogP contribution in [0.5, 0.6) is 0 Å². The number of carboxylic acids is 1. The van der Waals surface area contributed by atoms with Crippen LogP contribution in [0, 0.1) is 11.8 Å². The number of aliphatic hydroxyl groups is 3. The van der Waals surface area contributed by atoms with Crippen molar-refractivity contribution in [3.05, 3.63) is 192 Å². The first-order valence-electron chi connectivity index (χ1n) is 44.4. The molecule has 25 heteroatoms. The molecule has 9 heterocycles. The molecule has 6 saturated heterocycles. The number of carbonyl (C=O) groups is 3. The number of carboxylic acid groups (broad SMARTS) is 1. The first kappa shape index (κ1) is 90.7. The van der Waals surface area contributed by atoms with Gasteiger partial charge in [-0.15, -0.1) is 24.8 Å². The van der Waals surface area contributed by atoms with Crippen LogP contribution in [0.4, 0.5) is 0 Å². The summed E-state index contributed by atoms with van der Waals surface area (Å²) in [5.74, 6) is -4.06. The number of fused-ring (bicyclic) bond motifs is 9. The normalized spacial score (nSPS) is 24.7. The van der Waals surface area contributed by atoms with E-state index < -0.39 is 55.6 Å². The van der Waals surface area contributed by atoms with E-state index in [1.165, 1.54) is 173 Å². The molecular formula is C94H125Cl3N10O12. The predicted octanol–water partition coefficient (Wildman–Crippen LogP) is 15.7. The van der Waals surface area contributed by atoms with E-state index in [0.29, 0.717) is 59.5 Å². The lowest BCUT2D eigenvalue weighted by Gasteiger charge is -2.45. The number of nitrogens with zero attached hydrogens (tertiary/aromatic N) is 9. The van der Waals surface area contributed by atoms with Gasteiger partial charge < -0.3 is 49.3 Å². The number of rotatable bonds is 20. The lowest BCUT2D eigenvalue weighted by atomic mass is 9.89. The molecule has 9 aliphatic rings. The van der Waals surface area contributed by atoms with E-state index in [9.17, 15) is 44.1 Å². The highest BCUT2D eigenvalue weighted by atomic mass is 35.5. The monoisotopic (exact) mass is 1690 g/mol. The first-order chi connectivity index (χ1) is 57.1. The quantitative estimate of drug-likeness (QED) is 0.0443. The average molecular weight is 1690 g/mol. The van der Waals surface area contributed by atoms with E-state index in [1.807, 2.05) is 147 Å². The van der Waals surface area contributed by atoms with Gasteiger partial charge in [-0.25, -0.2) is 15.0 Å². The van der Waals surface area contributed by atoms with E-state index in [1.54, 1.807) is 0 Å². The number of ether oxygens (including phenoxy) is 2. The minimum atomic E-state index is -1.10. The molecule has 6 aliphatic heterocycles. The third-order valence-electron chi connectivity index (χ3n) is 27.3. The molecular weight excluding hydrogens is 1570 g/mol. The first-order valence-corrected chi connectivity index (χ1v) is 44.7. The summed E-state index contributed by atoms with van der Waals surface area (Å²) < 4.78 is 16.2. The molecule has 3 unspecified atom stereocenters. The van der Waals surface area contributed by atoms with E-state index in [4.69, 9.17) is 36.9 Å². The third kappa shape index (κ3) is 22.1. The highest BCUT2D eigenvalue weighted by molar-refractivity contribution is 6.29. The van der Waals surface area contributed by atoms with Crippen LogP contribution < -0.4 is 22.4 Å². The zero-order chi connectivity index (χ0) is 81.3. The van der Waals surface area contributed by atoms with Crippen LogP contribution in [0.25, 0.3) is 33.1 Å². The van der Waals surface area contributed by atoms with Crippen LogP contribution in [0.3, 0.4) is 0 Å². The van der Waals surface area contributed by atoms with Crippen molar-refractivity contribution in [1.82, 2.24) is 43.4 Å². The number of nitrogens with two attached hydrogens (primary N) is 1. The maximum atomic E-state index is 14.1. The Morgan fingerprint density at radius 2 is 0.664 bits per heavy atom. The van der Waals surface area contributed by atoms with Crippen molar-refractivity contribution in [2.75, 3.05) is 19.8 Å². The topological polar surface area (TPSA) is 291 Å². The number of carbonyl (C=O) groups excluding carboxylic acids is 2. The minimum absolute atomic E-state index is 0. The summed E-state index contributed by atoms with van der Waals surface area (Å²) in [5.41, 5.74) is 12.1. The molecule has 6 bridgehead atoms. The fourth-order valence-corrected chi connectivity index (χ4v) is 21.9. The maximum absolute atomic E-state index is 14.1. The summed E-state index contributed by atoms with van der Waals surface area (Å²) in [6.45, 7) is -0.979. The van der Waals surface area contributed by atoms with E-state index in [0.717, 1.165) is 83.3 Å². The predicted molar refractivity (Wildman–Crippen MR) is 470 cm³/mol. The third-order valence-corrected chi connectivity index (χ3v) is 27.6. The SMILES string of the molecule is Cl.Cl.N[C@@H](CO)C(=O)OCc1ccccc1.O=C(O)[C@H](CO)Cc1nc2ccccc2n(C2C[C@H]3CC[C@@H](C2)N3C2CCCCCCC2)c1=O.O=C(OCc1ccccc1)[C@H](CO)Cc1nc2ccccc2n(C2C[C@H]3CC[C@@H](C2)N3C2CCCCCCC2)c1=O.O=c1c(Cl)nc2ccccc2n1C1C[C@H]2CC[C@@H](C1)N2C1CCCCCCC1. The van der Waals surface area contributed by atoms with Gasteiger partial charge in [0.1, 0.15) is 30.6 Å². The number of esters is 2. The molecule has 0 spiro atoms. The Hall–Kier alpha value is -7.48. The van der Waals surface area contributed by atoms with Crippen molar-refractivity contribution in [3.8, 4) is 0 Å². The van der Waals surface area contributed by atoms with E-state index >= 15 is 0 Å². The minimum Gasteiger partial charge on any atom is -0.481 e. The van der Waals surface area contributed by atoms with Gasteiger partial charge in [-0.05, 0) is 163 Å². The zero-order valence-electron chi connectivity index (χ0n) is 69.0. The van der Waals surface area contributed by atoms with Crippen LogP contribution >= 0.6 is 36.4 Å². The highest BCUT2D eigenvalue weighted by Crippen LogP contribution is 2.48. The molecule has 0 amide bonds. The van der Waals surface area contributed by atoms with Gasteiger partial charge in [0.05, 0.1) is 64.8 Å². The van der Waals surface area contributed by atoms with Gasteiger partial charge in [-0.2, -0.15) is 0 Å². The number of hydrogen-bond donors (Lipinski definition) is 5. The lowest BCUT2D eigenvalue weighted by molar-refractivity contribution is -0.151. The molecule has 0 radical (unpaired) electrons. The molecule has 3 aliphatic carbocycles. The summed E-state index contributed by atoms with van der Waals surface area (Å²) in [4.78, 5) is 98.3. The van der Waals surface area contributed by atoms with Crippen molar-refractivity contribution in [3.63, 3.8) is 0 Å². The largest absolute Gasteiger partial charge is 0.481 e. The summed E-state index contributed by atoms with van der Waals surface area (Å²) in [7, 11) is 0. The van der Waals surface area contributed by atoms with Gasteiger partial charge in [0.2, 0.25) is 0 Å². The van der Waals surface area contributed by atoms with E-state index in [-0.39, 0.29) is 96.5 Å². The molecule has 9 fully saturated rings. The molecule has 3 aromatic heterocycles. The lowest BCUT2D eigenvalue weighted by Crippen LogP contribution is -2.50. The molecule has 119 heavy (non-hydrogen) atoms. The molecule has 8 aromatic rings. The van der Waals surface area contributed by atoms with E-state index in [2.05, 4.69) is 24.7 Å². The number of halogens is 3. The molecule has 17 rings (SSSR count). The molecule has 6 N–H and O–H groups in total. The average Bonchev–Trinajstić information content (AvgIpc) is 1.71. The van der Waals surface area contributed by atoms with Gasteiger partial charge in [0.25, 0.3) is 16.7 Å². The number of piperidine rings is 3.